The highest BCUT2D eigenvalue weighted by Gasteiger charge is 2.21. The largest absolute Gasteiger partial charge is 0.467 e. The SMILES string of the molecule is COC(=O)[C@H](Cc1ccccc1)NC(=O)CNCc1ccccc1. The zero-order valence-electron chi connectivity index (χ0n) is 13.7. The third kappa shape index (κ3) is 5.85. The summed E-state index contributed by atoms with van der Waals surface area (Å²) in [5, 5.41) is 5.79. The van der Waals surface area contributed by atoms with E-state index in [1.165, 1.54) is 7.11 Å². The first-order valence-electron chi connectivity index (χ1n) is 7.85. The Morgan fingerprint density at radius 3 is 2.12 bits per heavy atom. The van der Waals surface area contributed by atoms with Gasteiger partial charge in [-0.05, 0) is 11.1 Å². The van der Waals surface area contributed by atoms with E-state index in [2.05, 4.69) is 10.6 Å². The lowest BCUT2D eigenvalue weighted by molar-refractivity contribution is -0.144. The van der Waals surface area contributed by atoms with E-state index >= 15 is 0 Å². The number of methoxy groups -OCH3 is 1. The summed E-state index contributed by atoms with van der Waals surface area (Å²) in [7, 11) is 1.32. The first-order chi connectivity index (χ1) is 11.7. The fraction of sp³-hybridized carbons (Fsp3) is 0.263. The zero-order valence-corrected chi connectivity index (χ0v) is 13.7. The van der Waals surface area contributed by atoms with Gasteiger partial charge >= 0.3 is 5.97 Å². The lowest BCUT2D eigenvalue weighted by Gasteiger charge is -2.17. The summed E-state index contributed by atoms with van der Waals surface area (Å²) in [6, 6.07) is 18.6. The molecule has 126 valence electrons. The summed E-state index contributed by atoms with van der Waals surface area (Å²) in [4.78, 5) is 24.0. The van der Waals surface area contributed by atoms with Crippen LogP contribution in [0, 0.1) is 0 Å². The highest BCUT2D eigenvalue weighted by molar-refractivity contribution is 5.85. The van der Waals surface area contributed by atoms with Crippen LogP contribution in [0.4, 0.5) is 0 Å². The van der Waals surface area contributed by atoms with Gasteiger partial charge in [-0.25, -0.2) is 4.79 Å². The molecule has 0 fully saturated rings. The summed E-state index contributed by atoms with van der Waals surface area (Å²) in [6.07, 6.45) is 0.401. The number of nitrogens with one attached hydrogen (secondary N) is 2. The summed E-state index contributed by atoms with van der Waals surface area (Å²) in [5.74, 6) is -0.687. The van der Waals surface area contributed by atoms with Gasteiger partial charge in [-0.15, -0.1) is 0 Å². The van der Waals surface area contributed by atoms with E-state index in [1.807, 2.05) is 60.7 Å². The van der Waals surface area contributed by atoms with Crippen LogP contribution >= 0.6 is 0 Å². The van der Waals surface area contributed by atoms with Crippen molar-refractivity contribution in [3.8, 4) is 0 Å². The van der Waals surface area contributed by atoms with Crippen LogP contribution in [0.15, 0.2) is 60.7 Å². The Morgan fingerprint density at radius 2 is 1.54 bits per heavy atom. The molecule has 0 spiro atoms. The highest BCUT2D eigenvalue weighted by atomic mass is 16.5. The number of benzene rings is 2. The predicted octanol–water partition coefficient (Wildman–Crippen LogP) is 1.68. The van der Waals surface area contributed by atoms with Gasteiger partial charge in [0.15, 0.2) is 0 Å². The Hall–Kier alpha value is -2.66. The van der Waals surface area contributed by atoms with Crippen molar-refractivity contribution in [3.63, 3.8) is 0 Å². The van der Waals surface area contributed by atoms with Gasteiger partial charge in [0.25, 0.3) is 0 Å². The van der Waals surface area contributed by atoms with Crippen molar-refractivity contribution >= 4 is 11.9 Å². The fourth-order valence-corrected chi connectivity index (χ4v) is 2.35. The average Bonchev–Trinajstić information content (AvgIpc) is 2.62. The number of esters is 1. The summed E-state index contributed by atoms with van der Waals surface area (Å²) in [6.45, 7) is 0.729. The lowest BCUT2D eigenvalue weighted by Crippen LogP contribution is -2.46. The molecular weight excluding hydrogens is 304 g/mol. The molecule has 0 bridgehead atoms. The van der Waals surface area contributed by atoms with Crippen LogP contribution in [0.3, 0.4) is 0 Å². The van der Waals surface area contributed by atoms with Crippen LogP contribution in [0.1, 0.15) is 11.1 Å². The van der Waals surface area contributed by atoms with Crippen LogP contribution in [-0.2, 0) is 27.3 Å². The summed E-state index contributed by atoms with van der Waals surface area (Å²) >= 11 is 0. The van der Waals surface area contributed by atoms with Crippen molar-refractivity contribution < 1.29 is 14.3 Å². The first-order valence-corrected chi connectivity index (χ1v) is 7.85. The number of ether oxygens (including phenoxy) is 1. The van der Waals surface area contributed by atoms with Gasteiger partial charge < -0.3 is 15.4 Å². The van der Waals surface area contributed by atoms with Crippen molar-refractivity contribution in [1.82, 2.24) is 10.6 Å². The third-order valence-corrected chi connectivity index (χ3v) is 3.56. The van der Waals surface area contributed by atoms with Gasteiger partial charge in [0.2, 0.25) is 5.91 Å². The van der Waals surface area contributed by atoms with Crippen molar-refractivity contribution in [1.29, 1.82) is 0 Å². The molecule has 0 unspecified atom stereocenters. The molecule has 2 aromatic rings. The molecule has 2 rings (SSSR count). The standard InChI is InChI=1S/C19H22N2O3/c1-24-19(23)17(12-15-8-4-2-5-9-15)21-18(22)14-20-13-16-10-6-3-7-11-16/h2-11,17,20H,12-14H2,1H3,(H,21,22)/t17-/m0/s1. The minimum absolute atomic E-state index is 0.136. The maximum atomic E-state index is 12.1. The normalized spacial score (nSPS) is 11.5. The van der Waals surface area contributed by atoms with Crippen LogP contribution in [0.5, 0.6) is 0 Å². The second-order valence-electron chi connectivity index (χ2n) is 5.42. The molecule has 1 amide bonds. The molecule has 0 aliphatic rings. The van der Waals surface area contributed by atoms with Crippen molar-refractivity contribution in [3.05, 3.63) is 71.8 Å². The number of carbonyl (C=O) groups excluding carboxylic acids is 2. The van der Waals surface area contributed by atoms with Crippen molar-refractivity contribution in [2.24, 2.45) is 0 Å². The molecule has 2 aromatic carbocycles. The molecule has 0 saturated carbocycles. The third-order valence-electron chi connectivity index (χ3n) is 3.56. The maximum Gasteiger partial charge on any atom is 0.328 e. The molecule has 1 atom stereocenters. The van der Waals surface area contributed by atoms with Crippen LogP contribution < -0.4 is 10.6 Å². The zero-order chi connectivity index (χ0) is 17.2. The summed E-state index contributed by atoms with van der Waals surface area (Å²) < 4.78 is 4.79. The van der Waals surface area contributed by atoms with E-state index in [-0.39, 0.29) is 12.5 Å². The monoisotopic (exact) mass is 326 g/mol. The van der Waals surface area contributed by atoms with E-state index in [1.54, 1.807) is 0 Å². The fourth-order valence-electron chi connectivity index (χ4n) is 2.35. The number of amides is 1. The number of hydrogen-bond donors (Lipinski definition) is 2. The minimum Gasteiger partial charge on any atom is -0.467 e. The highest BCUT2D eigenvalue weighted by Crippen LogP contribution is 2.04. The van der Waals surface area contributed by atoms with Crippen LogP contribution in [-0.4, -0.2) is 31.6 Å². The van der Waals surface area contributed by atoms with Gasteiger partial charge in [-0.1, -0.05) is 60.7 Å². The number of rotatable bonds is 8. The smallest absolute Gasteiger partial charge is 0.328 e. The molecule has 0 aliphatic carbocycles. The molecule has 0 radical (unpaired) electrons. The van der Waals surface area contributed by atoms with E-state index in [4.69, 9.17) is 4.74 Å². The van der Waals surface area contributed by atoms with Gasteiger partial charge in [-0.2, -0.15) is 0 Å². The van der Waals surface area contributed by atoms with Gasteiger partial charge in [0.05, 0.1) is 13.7 Å². The molecule has 24 heavy (non-hydrogen) atoms. The molecule has 0 aromatic heterocycles. The number of hydrogen-bond acceptors (Lipinski definition) is 4. The Kier molecular flexibility index (Phi) is 6.98. The Balaban J connectivity index is 1.84. The minimum atomic E-state index is -0.691. The van der Waals surface area contributed by atoms with E-state index in [0.717, 1.165) is 11.1 Å². The average molecular weight is 326 g/mol. The second kappa shape index (κ2) is 9.47. The Morgan fingerprint density at radius 1 is 0.958 bits per heavy atom. The molecule has 0 saturated heterocycles. The molecule has 0 heterocycles. The maximum absolute atomic E-state index is 12.1. The van der Waals surface area contributed by atoms with Crippen molar-refractivity contribution in [2.75, 3.05) is 13.7 Å². The molecular formula is C19H22N2O3. The Labute approximate surface area is 142 Å². The number of carbonyl (C=O) groups is 2. The van der Waals surface area contributed by atoms with Gasteiger partial charge in [0, 0.05) is 13.0 Å². The summed E-state index contributed by atoms with van der Waals surface area (Å²) in [5.41, 5.74) is 2.06. The first kappa shape index (κ1) is 17.7. The Bertz CT molecular complexity index is 644. The van der Waals surface area contributed by atoms with E-state index in [9.17, 15) is 9.59 Å². The predicted molar refractivity (Wildman–Crippen MR) is 92.2 cm³/mol. The lowest BCUT2D eigenvalue weighted by atomic mass is 10.1. The molecule has 5 heteroatoms. The van der Waals surface area contributed by atoms with Crippen LogP contribution in [0.2, 0.25) is 0 Å². The second-order valence-corrected chi connectivity index (χ2v) is 5.42. The molecule has 2 N–H and O–H groups in total. The molecule has 5 nitrogen and oxygen atoms in total. The van der Waals surface area contributed by atoms with E-state index < -0.39 is 12.0 Å². The van der Waals surface area contributed by atoms with Crippen molar-refractivity contribution in [2.45, 2.75) is 19.0 Å². The van der Waals surface area contributed by atoms with Crippen LogP contribution in [0.25, 0.3) is 0 Å². The van der Waals surface area contributed by atoms with Gasteiger partial charge in [-0.3, -0.25) is 4.79 Å². The quantitative estimate of drug-likeness (QED) is 0.724. The van der Waals surface area contributed by atoms with E-state index in [0.29, 0.717) is 13.0 Å². The molecule has 0 aliphatic heterocycles. The van der Waals surface area contributed by atoms with Gasteiger partial charge in [0.1, 0.15) is 6.04 Å². The topological polar surface area (TPSA) is 67.4 Å².